The van der Waals surface area contributed by atoms with Crippen LogP contribution in [0.2, 0.25) is 0 Å². The summed E-state index contributed by atoms with van der Waals surface area (Å²) in [5.74, 6) is 0. The SMILES string of the molecule is CCCCCCCCCCCC(CC(O)O)[N+](C)(C)C.[Br-]. The van der Waals surface area contributed by atoms with Crippen LogP contribution in [0.15, 0.2) is 0 Å². The molecule has 0 amide bonds. The third-order valence-corrected chi connectivity index (χ3v) is 4.22. The molecule has 21 heavy (non-hydrogen) atoms. The Bertz CT molecular complexity index is 217. The first-order valence-corrected chi connectivity index (χ1v) is 8.55. The zero-order valence-electron chi connectivity index (χ0n) is 14.7. The highest BCUT2D eigenvalue weighted by molar-refractivity contribution is 4.60. The van der Waals surface area contributed by atoms with Crippen molar-refractivity contribution in [2.45, 2.75) is 89.9 Å². The van der Waals surface area contributed by atoms with Crippen molar-refractivity contribution >= 4 is 0 Å². The Labute approximate surface area is 143 Å². The summed E-state index contributed by atoms with van der Waals surface area (Å²) >= 11 is 0. The average Bonchev–Trinajstić information content (AvgIpc) is 2.33. The molecule has 0 saturated carbocycles. The highest BCUT2D eigenvalue weighted by Gasteiger charge is 2.25. The smallest absolute Gasteiger partial charge is 0.157 e. The molecule has 0 aromatic rings. The fourth-order valence-corrected chi connectivity index (χ4v) is 2.76. The summed E-state index contributed by atoms with van der Waals surface area (Å²) in [6.07, 6.45) is 12.5. The van der Waals surface area contributed by atoms with Gasteiger partial charge in [-0.05, 0) is 12.8 Å². The van der Waals surface area contributed by atoms with Crippen LogP contribution in [0, 0.1) is 0 Å². The van der Waals surface area contributed by atoms with Gasteiger partial charge in [-0.1, -0.05) is 58.3 Å². The zero-order valence-corrected chi connectivity index (χ0v) is 16.2. The molecule has 3 nitrogen and oxygen atoms in total. The predicted molar refractivity (Wildman–Crippen MR) is 86.5 cm³/mol. The zero-order chi connectivity index (χ0) is 15.4. The summed E-state index contributed by atoms with van der Waals surface area (Å²) in [5, 5.41) is 18.4. The molecule has 0 rings (SSSR count). The standard InChI is InChI=1S/C17H38NO2.BrH/c1-5-6-7-8-9-10-11-12-13-14-16(15-17(19)20)18(2,3)4;/h16-17,19-20H,5-15H2,1-4H3;1H/q+1;/p-1. The van der Waals surface area contributed by atoms with Crippen molar-refractivity contribution in [1.82, 2.24) is 0 Å². The number of nitrogens with zero attached hydrogens (tertiary/aromatic N) is 1. The molecule has 1 unspecified atom stereocenters. The lowest BCUT2D eigenvalue weighted by Gasteiger charge is -2.34. The lowest BCUT2D eigenvalue weighted by atomic mass is 10.0. The molecular weight excluding hydrogens is 330 g/mol. The Balaban J connectivity index is 0. The Morgan fingerprint density at radius 3 is 1.57 bits per heavy atom. The molecule has 2 N–H and O–H groups in total. The molecule has 1 atom stereocenters. The van der Waals surface area contributed by atoms with Gasteiger partial charge in [-0.25, -0.2) is 0 Å². The molecule has 0 aliphatic heterocycles. The molecule has 0 aliphatic carbocycles. The van der Waals surface area contributed by atoms with Crippen LogP contribution in [-0.4, -0.2) is 48.2 Å². The van der Waals surface area contributed by atoms with E-state index in [9.17, 15) is 10.2 Å². The normalized spacial score (nSPS) is 13.3. The van der Waals surface area contributed by atoms with E-state index in [-0.39, 0.29) is 17.0 Å². The summed E-state index contributed by atoms with van der Waals surface area (Å²) in [5.41, 5.74) is 0. The fourth-order valence-electron chi connectivity index (χ4n) is 2.76. The van der Waals surface area contributed by atoms with E-state index >= 15 is 0 Å². The Hall–Kier alpha value is 0.360. The largest absolute Gasteiger partial charge is 1.00 e. The molecule has 4 heteroatoms. The molecular formula is C17H38BrNO2. The van der Waals surface area contributed by atoms with Gasteiger partial charge in [0.05, 0.1) is 33.6 Å². The van der Waals surface area contributed by atoms with E-state index in [1.165, 1.54) is 57.8 Å². The number of aliphatic hydroxyl groups is 2. The van der Waals surface area contributed by atoms with Gasteiger partial charge in [0.1, 0.15) is 0 Å². The van der Waals surface area contributed by atoms with Crippen molar-refractivity contribution in [3.8, 4) is 0 Å². The van der Waals surface area contributed by atoms with Crippen molar-refractivity contribution in [3.63, 3.8) is 0 Å². The molecule has 130 valence electrons. The first kappa shape index (κ1) is 23.6. The van der Waals surface area contributed by atoms with Crippen LogP contribution in [0.4, 0.5) is 0 Å². The van der Waals surface area contributed by atoms with Crippen molar-refractivity contribution in [1.29, 1.82) is 0 Å². The predicted octanol–water partition coefficient (Wildman–Crippen LogP) is 0.687. The van der Waals surface area contributed by atoms with Crippen LogP contribution in [0.3, 0.4) is 0 Å². The molecule has 0 aliphatic rings. The third kappa shape index (κ3) is 15.0. The maximum atomic E-state index is 9.18. The lowest BCUT2D eigenvalue weighted by molar-refractivity contribution is -0.897. The molecule has 0 spiro atoms. The van der Waals surface area contributed by atoms with Crippen LogP contribution in [-0.2, 0) is 0 Å². The van der Waals surface area contributed by atoms with E-state index in [0.29, 0.717) is 12.5 Å². The Morgan fingerprint density at radius 1 is 0.762 bits per heavy atom. The van der Waals surface area contributed by atoms with Crippen LogP contribution < -0.4 is 17.0 Å². The van der Waals surface area contributed by atoms with Crippen molar-refractivity contribution < 1.29 is 31.7 Å². The van der Waals surface area contributed by atoms with E-state index in [2.05, 4.69) is 28.1 Å². The number of rotatable bonds is 13. The van der Waals surface area contributed by atoms with E-state index in [0.717, 1.165) is 10.9 Å². The highest BCUT2D eigenvalue weighted by atomic mass is 79.9. The molecule has 0 heterocycles. The van der Waals surface area contributed by atoms with Gasteiger partial charge in [0.2, 0.25) is 0 Å². The Kier molecular flexibility index (Phi) is 15.7. The van der Waals surface area contributed by atoms with Gasteiger partial charge in [0.25, 0.3) is 0 Å². The van der Waals surface area contributed by atoms with E-state index in [4.69, 9.17) is 0 Å². The summed E-state index contributed by atoms with van der Waals surface area (Å²) in [7, 11) is 6.42. The monoisotopic (exact) mass is 367 g/mol. The van der Waals surface area contributed by atoms with Gasteiger partial charge >= 0.3 is 0 Å². The van der Waals surface area contributed by atoms with Crippen molar-refractivity contribution in [3.05, 3.63) is 0 Å². The van der Waals surface area contributed by atoms with Gasteiger partial charge in [0, 0.05) is 0 Å². The van der Waals surface area contributed by atoms with E-state index < -0.39 is 6.29 Å². The molecule has 0 fully saturated rings. The number of halogens is 1. The first-order valence-electron chi connectivity index (χ1n) is 8.55. The van der Waals surface area contributed by atoms with Crippen LogP contribution >= 0.6 is 0 Å². The lowest BCUT2D eigenvalue weighted by Crippen LogP contribution is -3.00. The topological polar surface area (TPSA) is 40.5 Å². The summed E-state index contributed by atoms with van der Waals surface area (Å²) in [6.45, 7) is 2.26. The van der Waals surface area contributed by atoms with Crippen LogP contribution in [0.5, 0.6) is 0 Å². The second-order valence-electron chi connectivity index (χ2n) is 7.10. The number of quaternary nitrogens is 1. The second-order valence-corrected chi connectivity index (χ2v) is 7.10. The van der Waals surface area contributed by atoms with Gasteiger partial charge < -0.3 is 31.7 Å². The first-order chi connectivity index (χ1) is 9.38. The summed E-state index contributed by atoms with van der Waals surface area (Å²) < 4.78 is 0.814. The minimum absolute atomic E-state index is 0. The number of unbranched alkanes of at least 4 members (excludes halogenated alkanes) is 8. The van der Waals surface area contributed by atoms with Crippen LogP contribution in [0.1, 0.15) is 77.6 Å². The van der Waals surface area contributed by atoms with Gasteiger partial charge in [-0.3, -0.25) is 0 Å². The summed E-state index contributed by atoms with van der Waals surface area (Å²) in [4.78, 5) is 0. The second kappa shape index (κ2) is 14.0. The molecule has 0 saturated heterocycles. The maximum Gasteiger partial charge on any atom is 0.157 e. The summed E-state index contributed by atoms with van der Waals surface area (Å²) in [6, 6.07) is 0.347. The molecule has 0 aromatic heterocycles. The number of hydrogen-bond donors (Lipinski definition) is 2. The van der Waals surface area contributed by atoms with Crippen LogP contribution in [0.25, 0.3) is 0 Å². The molecule has 0 radical (unpaired) electrons. The number of aliphatic hydroxyl groups excluding tert-OH is 1. The number of hydrogen-bond acceptors (Lipinski definition) is 2. The van der Waals surface area contributed by atoms with Crippen molar-refractivity contribution in [2.24, 2.45) is 0 Å². The average molecular weight is 368 g/mol. The molecule has 0 bridgehead atoms. The third-order valence-electron chi connectivity index (χ3n) is 4.22. The molecule has 0 aromatic carbocycles. The van der Waals surface area contributed by atoms with Gasteiger partial charge in [-0.2, -0.15) is 0 Å². The highest BCUT2D eigenvalue weighted by Crippen LogP contribution is 2.18. The van der Waals surface area contributed by atoms with E-state index in [1.54, 1.807) is 0 Å². The van der Waals surface area contributed by atoms with Crippen molar-refractivity contribution in [2.75, 3.05) is 21.1 Å². The van der Waals surface area contributed by atoms with Gasteiger partial charge in [0.15, 0.2) is 6.29 Å². The maximum absolute atomic E-state index is 9.18. The van der Waals surface area contributed by atoms with Gasteiger partial charge in [-0.15, -0.1) is 0 Å². The minimum atomic E-state index is -1.17. The fraction of sp³-hybridized carbons (Fsp3) is 1.00. The Morgan fingerprint density at radius 2 is 1.19 bits per heavy atom. The quantitative estimate of drug-likeness (QED) is 0.285. The van der Waals surface area contributed by atoms with E-state index in [1.807, 2.05) is 0 Å². The minimum Gasteiger partial charge on any atom is -1.00 e.